The van der Waals surface area contributed by atoms with Crippen LogP contribution in [0.15, 0.2) is 41.3 Å². The maximum Gasteiger partial charge on any atom is 0.354 e. The van der Waals surface area contributed by atoms with Crippen LogP contribution in [0.5, 0.6) is 0 Å². The lowest BCUT2D eigenvalue weighted by atomic mass is 10.2. The Bertz CT molecular complexity index is 849. The molecule has 0 amide bonds. The van der Waals surface area contributed by atoms with Crippen molar-refractivity contribution in [3.05, 3.63) is 58.3 Å². The standard InChI is InChI=1S/C17H21N5O.2C2H6/c1-12-9-14-11-22(17(23)21-16(14)20-12)15-5-3-13(4-6-15)10-19-8-2-7-18;2*1-2/h3-6,9,11,19H,2,7-8,10,18H2,1H3,(H,20,21,23);2*1-2H3. The molecule has 0 saturated carbocycles. The van der Waals surface area contributed by atoms with Crippen LogP contribution in [-0.4, -0.2) is 27.6 Å². The van der Waals surface area contributed by atoms with Crippen molar-refractivity contribution in [1.82, 2.24) is 19.9 Å². The molecule has 4 N–H and O–H groups in total. The molecule has 3 rings (SSSR count). The number of hydrogen-bond acceptors (Lipinski definition) is 4. The molecule has 27 heavy (non-hydrogen) atoms. The molecule has 6 nitrogen and oxygen atoms in total. The maximum atomic E-state index is 12.2. The molecule has 3 aromatic rings. The second-order valence-corrected chi connectivity index (χ2v) is 5.64. The van der Waals surface area contributed by atoms with Gasteiger partial charge in [0.25, 0.3) is 0 Å². The first-order chi connectivity index (χ1) is 13.2. The van der Waals surface area contributed by atoms with Crippen molar-refractivity contribution in [2.24, 2.45) is 5.73 Å². The summed E-state index contributed by atoms with van der Waals surface area (Å²) in [5.74, 6) is 0. The Morgan fingerprint density at radius 3 is 2.44 bits per heavy atom. The molecule has 0 bridgehead atoms. The van der Waals surface area contributed by atoms with Crippen LogP contribution in [0.25, 0.3) is 16.7 Å². The monoisotopic (exact) mass is 371 g/mol. The van der Waals surface area contributed by atoms with Gasteiger partial charge in [0.15, 0.2) is 0 Å². The van der Waals surface area contributed by atoms with E-state index in [0.29, 0.717) is 12.2 Å². The average molecular weight is 372 g/mol. The zero-order valence-electron chi connectivity index (χ0n) is 17.2. The third-order valence-corrected chi connectivity index (χ3v) is 3.74. The van der Waals surface area contributed by atoms with E-state index >= 15 is 0 Å². The van der Waals surface area contributed by atoms with Crippen LogP contribution in [0.3, 0.4) is 0 Å². The Balaban J connectivity index is 0.000000855. The number of hydrogen-bond donors (Lipinski definition) is 3. The van der Waals surface area contributed by atoms with Crippen molar-refractivity contribution in [1.29, 1.82) is 0 Å². The quantitative estimate of drug-likeness (QED) is 0.579. The maximum absolute atomic E-state index is 12.2. The van der Waals surface area contributed by atoms with Crippen LogP contribution in [-0.2, 0) is 6.54 Å². The number of nitrogens with one attached hydrogen (secondary N) is 2. The second kappa shape index (κ2) is 12.0. The average Bonchev–Trinajstić information content (AvgIpc) is 3.07. The van der Waals surface area contributed by atoms with Crippen molar-refractivity contribution in [3.63, 3.8) is 0 Å². The molecule has 0 aliphatic rings. The van der Waals surface area contributed by atoms with Crippen LogP contribution in [0.1, 0.15) is 45.4 Å². The Labute approximate surface area is 161 Å². The summed E-state index contributed by atoms with van der Waals surface area (Å²) < 4.78 is 1.57. The minimum Gasteiger partial charge on any atom is -0.343 e. The molecule has 6 heteroatoms. The first kappa shape index (κ1) is 22.6. The minimum absolute atomic E-state index is 0.284. The van der Waals surface area contributed by atoms with Gasteiger partial charge in [0, 0.05) is 23.8 Å². The first-order valence-corrected chi connectivity index (χ1v) is 9.76. The van der Waals surface area contributed by atoms with E-state index in [1.165, 1.54) is 5.56 Å². The number of nitrogens with two attached hydrogens (primary N) is 1. The summed E-state index contributed by atoms with van der Waals surface area (Å²) >= 11 is 0. The van der Waals surface area contributed by atoms with Crippen LogP contribution in [0.2, 0.25) is 0 Å². The molecule has 0 saturated heterocycles. The lowest BCUT2D eigenvalue weighted by molar-refractivity contribution is 0.655. The molecule has 148 valence electrons. The number of aromatic amines is 1. The Morgan fingerprint density at radius 2 is 1.81 bits per heavy atom. The van der Waals surface area contributed by atoms with Crippen molar-refractivity contribution >= 4 is 11.0 Å². The molecular formula is C21H33N5O. The van der Waals surface area contributed by atoms with Gasteiger partial charge in [-0.25, -0.2) is 4.79 Å². The van der Waals surface area contributed by atoms with E-state index in [1.807, 2.05) is 71.1 Å². The van der Waals surface area contributed by atoms with Crippen molar-refractivity contribution in [2.45, 2.75) is 47.6 Å². The zero-order chi connectivity index (χ0) is 20.2. The van der Waals surface area contributed by atoms with Crippen LogP contribution in [0.4, 0.5) is 0 Å². The zero-order valence-corrected chi connectivity index (χ0v) is 17.2. The van der Waals surface area contributed by atoms with Crippen LogP contribution in [0, 0.1) is 6.92 Å². The lowest BCUT2D eigenvalue weighted by Gasteiger charge is -2.07. The van der Waals surface area contributed by atoms with Crippen molar-refractivity contribution < 1.29 is 0 Å². The summed E-state index contributed by atoms with van der Waals surface area (Å²) in [5.41, 5.74) is 8.79. The van der Waals surface area contributed by atoms with E-state index in [0.717, 1.165) is 36.3 Å². The topological polar surface area (TPSA) is 88.7 Å². The molecule has 0 fully saturated rings. The molecule has 0 aliphatic heterocycles. The molecule has 0 atom stereocenters. The highest BCUT2D eigenvalue weighted by atomic mass is 16.1. The van der Waals surface area contributed by atoms with E-state index < -0.39 is 0 Å². The Kier molecular flexibility index (Phi) is 10.1. The number of aryl methyl sites for hydroxylation is 1. The van der Waals surface area contributed by atoms with Crippen molar-refractivity contribution in [2.75, 3.05) is 13.1 Å². The smallest absolute Gasteiger partial charge is 0.343 e. The Morgan fingerprint density at radius 1 is 1.15 bits per heavy atom. The van der Waals surface area contributed by atoms with Gasteiger partial charge in [-0.05, 0) is 50.2 Å². The third kappa shape index (κ3) is 6.34. The fourth-order valence-corrected chi connectivity index (χ4v) is 2.55. The van der Waals surface area contributed by atoms with Crippen LogP contribution >= 0.6 is 0 Å². The number of nitrogens with zero attached hydrogens (tertiary/aromatic N) is 2. The fourth-order valence-electron chi connectivity index (χ4n) is 2.55. The van der Waals surface area contributed by atoms with Crippen molar-refractivity contribution in [3.8, 4) is 5.69 Å². The van der Waals surface area contributed by atoms with E-state index in [4.69, 9.17) is 5.73 Å². The molecule has 2 heterocycles. The van der Waals surface area contributed by atoms with Gasteiger partial charge in [-0.3, -0.25) is 4.57 Å². The van der Waals surface area contributed by atoms with E-state index in [1.54, 1.807) is 4.57 Å². The van der Waals surface area contributed by atoms with Gasteiger partial charge in [0.1, 0.15) is 5.65 Å². The fraction of sp³-hybridized carbons (Fsp3) is 0.429. The molecule has 2 aromatic heterocycles. The van der Waals surface area contributed by atoms with E-state index in [-0.39, 0.29) is 5.69 Å². The number of fused-ring (bicyclic) bond motifs is 1. The predicted octanol–water partition coefficient (Wildman–Crippen LogP) is 3.51. The molecule has 0 radical (unpaired) electrons. The molecule has 0 unspecified atom stereocenters. The summed E-state index contributed by atoms with van der Waals surface area (Å²) in [6.07, 6.45) is 2.79. The van der Waals surface area contributed by atoms with Gasteiger partial charge < -0.3 is 16.0 Å². The highest BCUT2D eigenvalue weighted by Gasteiger charge is 2.06. The van der Waals surface area contributed by atoms with E-state index in [2.05, 4.69) is 15.3 Å². The number of benzene rings is 1. The van der Waals surface area contributed by atoms with Gasteiger partial charge in [-0.1, -0.05) is 39.8 Å². The van der Waals surface area contributed by atoms with Gasteiger partial charge in [-0.15, -0.1) is 0 Å². The summed E-state index contributed by atoms with van der Waals surface area (Å²) in [6.45, 7) is 12.3. The number of rotatable bonds is 6. The largest absolute Gasteiger partial charge is 0.354 e. The van der Waals surface area contributed by atoms with Gasteiger partial charge in [0.2, 0.25) is 0 Å². The summed E-state index contributed by atoms with van der Waals surface area (Å²) in [6, 6.07) is 9.89. The highest BCUT2D eigenvalue weighted by Crippen LogP contribution is 2.13. The summed E-state index contributed by atoms with van der Waals surface area (Å²) in [4.78, 5) is 19.4. The third-order valence-electron chi connectivity index (χ3n) is 3.74. The number of aromatic nitrogens is 3. The first-order valence-electron chi connectivity index (χ1n) is 9.76. The Hall–Kier alpha value is -2.44. The highest BCUT2D eigenvalue weighted by molar-refractivity contribution is 5.75. The minimum atomic E-state index is -0.284. The summed E-state index contributed by atoms with van der Waals surface area (Å²) in [5, 5.41) is 4.26. The van der Waals surface area contributed by atoms with Gasteiger partial charge in [0.05, 0.1) is 5.69 Å². The molecule has 0 aliphatic carbocycles. The predicted molar refractivity (Wildman–Crippen MR) is 115 cm³/mol. The van der Waals surface area contributed by atoms with Crippen LogP contribution < -0.4 is 16.7 Å². The lowest BCUT2D eigenvalue weighted by Crippen LogP contribution is -2.20. The normalized spacial score (nSPS) is 10.0. The van der Waals surface area contributed by atoms with E-state index in [9.17, 15) is 4.79 Å². The molecular weight excluding hydrogens is 338 g/mol. The number of H-pyrrole nitrogens is 1. The molecule has 0 spiro atoms. The molecule has 1 aromatic carbocycles. The summed E-state index contributed by atoms with van der Waals surface area (Å²) in [7, 11) is 0. The van der Waals surface area contributed by atoms with Gasteiger partial charge in [-0.2, -0.15) is 4.98 Å². The van der Waals surface area contributed by atoms with Gasteiger partial charge >= 0.3 is 5.69 Å². The second-order valence-electron chi connectivity index (χ2n) is 5.64. The SMILES string of the molecule is CC.CC.Cc1cc2cn(-c3ccc(CNCCCN)cc3)c(=O)nc2[nH]1.